The highest BCUT2D eigenvalue weighted by Gasteiger charge is 2.29. The Hall–Kier alpha value is -1.01. The maximum Gasteiger partial charge on any atom is 0.223 e. The average molecular weight is 248 g/mol. The third kappa shape index (κ3) is 3.05. The second-order valence-corrected chi connectivity index (χ2v) is 5.50. The lowest BCUT2D eigenvalue weighted by Gasteiger charge is -2.19. The molecular weight excluding hydrogens is 224 g/mol. The van der Waals surface area contributed by atoms with Crippen molar-refractivity contribution in [2.45, 2.75) is 45.1 Å². The maximum absolute atomic E-state index is 11.5. The standard InChI is InChI=1S/C15H24N2O/c1-3-6-13-9-12-16(2)14(13)7-4-10-17-11-5-8-15(17)18/h13-14H,3,5-6,8-12H2,1-2H3/t13-,14+/m1/s1. The molecule has 18 heavy (non-hydrogen) atoms. The molecular formula is C15H24N2O. The van der Waals surface area contributed by atoms with Crippen LogP contribution < -0.4 is 0 Å². The Morgan fingerprint density at radius 2 is 2.22 bits per heavy atom. The van der Waals surface area contributed by atoms with E-state index in [0.717, 1.165) is 25.4 Å². The molecule has 0 saturated carbocycles. The van der Waals surface area contributed by atoms with Crippen molar-refractivity contribution in [3.8, 4) is 11.8 Å². The Morgan fingerprint density at radius 1 is 1.39 bits per heavy atom. The fourth-order valence-corrected chi connectivity index (χ4v) is 3.04. The van der Waals surface area contributed by atoms with Crippen molar-refractivity contribution >= 4 is 5.91 Å². The van der Waals surface area contributed by atoms with Crippen LogP contribution >= 0.6 is 0 Å². The molecule has 2 atom stereocenters. The molecule has 0 aromatic rings. The van der Waals surface area contributed by atoms with E-state index in [1.165, 1.54) is 19.3 Å². The van der Waals surface area contributed by atoms with Gasteiger partial charge in [-0.25, -0.2) is 0 Å². The highest BCUT2D eigenvalue weighted by Crippen LogP contribution is 2.26. The molecule has 3 nitrogen and oxygen atoms in total. The van der Waals surface area contributed by atoms with E-state index in [0.29, 0.717) is 19.0 Å². The van der Waals surface area contributed by atoms with Crippen molar-refractivity contribution in [1.82, 2.24) is 9.80 Å². The van der Waals surface area contributed by atoms with Crippen LogP contribution in [0, 0.1) is 17.8 Å². The minimum Gasteiger partial charge on any atom is -0.332 e. The van der Waals surface area contributed by atoms with E-state index in [4.69, 9.17) is 0 Å². The zero-order valence-electron chi connectivity index (χ0n) is 11.6. The third-order valence-corrected chi connectivity index (χ3v) is 4.12. The van der Waals surface area contributed by atoms with Crippen LogP contribution in [0.4, 0.5) is 0 Å². The Bertz CT molecular complexity index is 353. The molecule has 100 valence electrons. The van der Waals surface area contributed by atoms with Gasteiger partial charge in [-0.1, -0.05) is 25.2 Å². The summed E-state index contributed by atoms with van der Waals surface area (Å²) in [7, 11) is 2.16. The normalized spacial score (nSPS) is 28.6. The lowest BCUT2D eigenvalue weighted by atomic mass is 9.95. The molecule has 2 aliphatic rings. The number of hydrogen-bond acceptors (Lipinski definition) is 2. The average Bonchev–Trinajstić information content (AvgIpc) is 2.90. The van der Waals surface area contributed by atoms with Crippen LogP contribution in [0.2, 0.25) is 0 Å². The molecule has 2 rings (SSSR count). The van der Waals surface area contributed by atoms with E-state index < -0.39 is 0 Å². The van der Waals surface area contributed by atoms with E-state index in [1.807, 2.05) is 4.90 Å². The summed E-state index contributed by atoms with van der Waals surface area (Å²) in [5.41, 5.74) is 0. The Kier molecular flexibility index (Phi) is 4.66. The SMILES string of the molecule is CCC[C@@H]1CCN(C)[C@H]1C#CCN1CCCC1=O. The molecule has 3 heteroatoms. The molecule has 2 saturated heterocycles. The van der Waals surface area contributed by atoms with Crippen LogP contribution in [0.5, 0.6) is 0 Å². The molecule has 0 spiro atoms. The van der Waals surface area contributed by atoms with Gasteiger partial charge in [0.15, 0.2) is 0 Å². The van der Waals surface area contributed by atoms with Gasteiger partial charge < -0.3 is 4.90 Å². The van der Waals surface area contributed by atoms with Crippen LogP contribution in [0.15, 0.2) is 0 Å². The molecule has 0 bridgehead atoms. The van der Waals surface area contributed by atoms with Gasteiger partial charge in [0.1, 0.15) is 0 Å². The maximum atomic E-state index is 11.5. The number of amides is 1. The first kappa shape index (κ1) is 13.4. The fourth-order valence-electron chi connectivity index (χ4n) is 3.04. The quantitative estimate of drug-likeness (QED) is 0.710. The van der Waals surface area contributed by atoms with Gasteiger partial charge in [-0.2, -0.15) is 0 Å². The van der Waals surface area contributed by atoms with E-state index >= 15 is 0 Å². The van der Waals surface area contributed by atoms with E-state index in [2.05, 4.69) is 30.7 Å². The van der Waals surface area contributed by atoms with Crippen molar-refractivity contribution < 1.29 is 4.79 Å². The molecule has 0 aromatic heterocycles. The summed E-state index contributed by atoms with van der Waals surface area (Å²) in [5.74, 6) is 7.62. The first-order valence-electron chi connectivity index (χ1n) is 7.18. The van der Waals surface area contributed by atoms with Crippen LogP contribution in [-0.2, 0) is 4.79 Å². The van der Waals surface area contributed by atoms with Gasteiger partial charge in [0.25, 0.3) is 0 Å². The number of carbonyl (C=O) groups excluding carboxylic acids is 1. The van der Waals surface area contributed by atoms with Gasteiger partial charge in [-0.3, -0.25) is 9.69 Å². The number of hydrogen-bond donors (Lipinski definition) is 0. The molecule has 1 amide bonds. The van der Waals surface area contributed by atoms with Crippen molar-refractivity contribution in [3.05, 3.63) is 0 Å². The second-order valence-electron chi connectivity index (χ2n) is 5.50. The minimum absolute atomic E-state index is 0.272. The van der Waals surface area contributed by atoms with Crippen LogP contribution in [-0.4, -0.2) is 48.4 Å². The van der Waals surface area contributed by atoms with Crippen molar-refractivity contribution in [1.29, 1.82) is 0 Å². The van der Waals surface area contributed by atoms with Crippen molar-refractivity contribution in [2.24, 2.45) is 5.92 Å². The second kappa shape index (κ2) is 6.24. The molecule has 0 aromatic carbocycles. The molecule has 2 fully saturated rings. The largest absolute Gasteiger partial charge is 0.332 e. The lowest BCUT2D eigenvalue weighted by molar-refractivity contribution is -0.127. The highest BCUT2D eigenvalue weighted by molar-refractivity contribution is 5.78. The monoisotopic (exact) mass is 248 g/mol. The predicted molar refractivity (Wildman–Crippen MR) is 73.0 cm³/mol. The first-order chi connectivity index (χ1) is 8.72. The Balaban J connectivity index is 1.89. The molecule has 0 radical (unpaired) electrons. The third-order valence-electron chi connectivity index (χ3n) is 4.12. The summed E-state index contributed by atoms with van der Waals surface area (Å²) in [5, 5.41) is 0. The molecule has 2 heterocycles. The van der Waals surface area contributed by atoms with E-state index in [9.17, 15) is 4.79 Å². The Morgan fingerprint density at radius 3 is 2.89 bits per heavy atom. The Labute approximate surface area is 111 Å². The molecule has 0 N–H and O–H groups in total. The lowest BCUT2D eigenvalue weighted by Crippen LogP contribution is -2.29. The number of rotatable bonds is 3. The summed E-state index contributed by atoms with van der Waals surface area (Å²) in [4.78, 5) is 15.7. The van der Waals surface area contributed by atoms with E-state index in [1.54, 1.807) is 0 Å². The molecule has 0 unspecified atom stereocenters. The van der Waals surface area contributed by atoms with Crippen LogP contribution in [0.3, 0.4) is 0 Å². The minimum atomic E-state index is 0.272. The summed E-state index contributed by atoms with van der Waals surface area (Å²) in [6.45, 7) is 4.92. The van der Waals surface area contributed by atoms with Crippen molar-refractivity contribution in [3.63, 3.8) is 0 Å². The summed E-state index contributed by atoms with van der Waals surface area (Å²) >= 11 is 0. The number of likely N-dealkylation sites (tertiary alicyclic amines) is 2. The highest BCUT2D eigenvalue weighted by atomic mass is 16.2. The van der Waals surface area contributed by atoms with Gasteiger partial charge in [0.05, 0.1) is 12.6 Å². The molecule has 0 aliphatic carbocycles. The van der Waals surface area contributed by atoms with Gasteiger partial charge in [0.2, 0.25) is 5.91 Å². The van der Waals surface area contributed by atoms with Crippen molar-refractivity contribution in [2.75, 3.05) is 26.7 Å². The fraction of sp³-hybridized carbons (Fsp3) is 0.800. The van der Waals surface area contributed by atoms with Gasteiger partial charge >= 0.3 is 0 Å². The van der Waals surface area contributed by atoms with Crippen LogP contribution in [0.1, 0.15) is 39.0 Å². The summed E-state index contributed by atoms with van der Waals surface area (Å²) in [6.07, 6.45) is 5.49. The summed E-state index contributed by atoms with van der Waals surface area (Å²) < 4.78 is 0. The smallest absolute Gasteiger partial charge is 0.223 e. The van der Waals surface area contributed by atoms with Gasteiger partial charge in [0, 0.05) is 13.0 Å². The number of carbonyl (C=O) groups is 1. The summed E-state index contributed by atoms with van der Waals surface area (Å²) in [6, 6.07) is 0.405. The zero-order valence-corrected chi connectivity index (χ0v) is 11.6. The van der Waals surface area contributed by atoms with Gasteiger partial charge in [-0.15, -0.1) is 0 Å². The first-order valence-corrected chi connectivity index (χ1v) is 7.18. The number of nitrogens with zero attached hydrogens (tertiary/aromatic N) is 2. The van der Waals surface area contributed by atoms with E-state index in [-0.39, 0.29) is 5.91 Å². The zero-order chi connectivity index (χ0) is 13.0. The topological polar surface area (TPSA) is 23.6 Å². The predicted octanol–water partition coefficient (Wildman–Crippen LogP) is 1.73. The molecule has 2 aliphatic heterocycles. The van der Waals surface area contributed by atoms with Gasteiger partial charge in [-0.05, 0) is 38.8 Å². The van der Waals surface area contributed by atoms with Crippen LogP contribution in [0.25, 0.3) is 0 Å².